The summed E-state index contributed by atoms with van der Waals surface area (Å²) >= 11 is 4.36. The van der Waals surface area contributed by atoms with Crippen molar-refractivity contribution in [2.45, 2.75) is 0 Å². The summed E-state index contributed by atoms with van der Waals surface area (Å²) in [6.45, 7) is 0. The fourth-order valence-electron chi connectivity index (χ4n) is 0. The summed E-state index contributed by atoms with van der Waals surface area (Å²) in [5.41, 5.74) is 0. The molecular formula is AuCuI2. The van der Waals surface area contributed by atoms with E-state index in [0.717, 1.165) is 0 Å². The van der Waals surface area contributed by atoms with Gasteiger partial charge in [-0.3, -0.25) is 0 Å². The Bertz CT molecular complexity index is 6.00. The molecule has 1 radical (unpaired) electrons. The van der Waals surface area contributed by atoms with Crippen LogP contribution >= 0.6 is 40.7 Å². The molecule has 0 aromatic rings. The summed E-state index contributed by atoms with van der Waals surface area (Å²) in [5, 5.41) is 0. The van der Waals surface area contributed by atoms with Gasteiger partial charge < -0.3 is 0 Å². The third-order valence-electron chi connectivity index (χ3n) is 0. The van der Waals surface area contributed by atoms with Gasteiger partial charge in [-0.25, -0.2) is 0 Å². The molecule has 4 heavy (non-hydrogen) atoms. The Morgan fingerprint density at radius 1 is 1.25 bits per heavy atom. The summed E-state index contributed by atoms with van der Waals surface area (Å²) in [7, 11) is 1.75. The van der Waals surface area contributed by atoms with E-state index in [0.29, 0.717) is 0 Å². The Kier molecular flexibility index (Phi) is 22.7. The van der Waals surface area contributed by atoms with Gasteiger partial charge >= 0.3 is 49.1 Å². The van der Waals surface area contributed by atoms with E-state index in [1.165, 1.54) is 0 Å². The first-order valence-electron chi connectivity index (χ1n) is 0.228. The van der Waals surface area contributed by atoms with Crippen LogP contribution in [0, 0.1) is 0 Å². The van der Waals surface area contributed by atoms with Gasteiger partial charge in [0.25, 0.3) is 0 Å². The van der Waals surface area contributed by atoms with Crippen molar-refractivity contribution in [3.63, 3.8) is 0 Å². The van der Waals surface area contributed by atoms with Crippen LogP contribution in [0.2, 0.25) is 0 Å². The molecule has 0 saturated heterocycles. The van der Waals surface area contributed by atoms with E-state index < -0.39 is 0 Å². The van der Waals surface area contributed by atoms with E-state index in [1.807, 2.05) is 0 Å². The molecule has 0 spiro atoms. The summed E-state index contributed by atoms with van der Waals surface area (Å²) in [6.07, 6.45) is 0. The summed E-state index contributed by atoms with van der Waals surface area (Å²) in [6, 6.07) is 0. The van der Waals surface area contributed by atoms with Crippen molar-refractivity contribution in [1.82, 2.24) is 0 Å². The Morgan fingerprint density at radius 3 is 1.25 bits per heavy atom. The predicted molar refractivity (Wildman–Crippen MR) is 28.0 cm³/mol. The van der Waals surface area contributed by atoms with Gasteiger partial charge in [0.05, 0.1) is 0 Å². The van der Waals surface area contributed by atoms with Gasteiger partial charge in [0, 0.05) is 22.4 Å². The molecular weight excluding hydrogens is 514 g/mol. The Hall–Kier alpha value is 2.72. The van der Waals surface area contributed by atoms with Gasteiger partial charge in [0.2, 0.25) is 0 Å². The quantitative estimate of drug-likeness (QED) is 0.342. The number of halogens is 2. The first kappa shape index (κ1) is 9.87. The van der Waals surface area contributed by atoms with Crippen molar-refractivity contribution in [2.75, 3.05) is 0 Å². The summed E-state index contributed by atoms with van der Waals surface area (Å²) in [5.74, 6) is 0. The van der Waals surface area contributed by atoms with Crippen LogP contribution < -0.4 is 0 Å². The van der Waals surface area contributed by atoms with Gasteiger partial charge in [-0.2, -0.15) is 0 Å². The zero-order chi connectivity index (χ0) is 2.71. The maximum absolute atomic E-state index is 2.18. The monoisotopic (exact) mass is 514 g/mol. The number of hydrogen-bond donors (Lipinski definition) is 0. The first-order chi connectivity index (χ1) is 1.41. The molecule has 36 valence electrons. The standard InChI is InChI=1S/Au.Cu.2HI/h;;2*1H/q;+2;;/p-2. The zero-order valence-electron chi connectivity index (χ0n) is 1.36. The van der Waals surface area contributed by atoms with Crippen LogP contribution in [0.1, 0.15) is 0 Å². The van der Waals surface area contributed by atoms with Crippen molar-refractivity contribution in [3.8, 4) is 0 Å². The average molecular weight is 514 g/mol. The second kappa shape index (κ2) is 9.21. The second-order valence-corrected chi connectivity index (χ2v) is 7.99. The van der Waals surface area contributed by atoms with Crippen LogP contribution in [0.4, 0.5) is 0 Å². The topological polar surface area (TPSA) is 0 Å². The molecule has 0 nitrogen and oxygen atoms in total. The molecule has 0 amide bonds. The van der Waals surface area contributed by atoms with Crippen molar-refractivity contribution >= 4 is 40.7 Å². The molecule has 0 heterocycles. The van der Waals surface area contributed by atoms with E-state index in [9.17, 15) is 0 Å². The third kappa shape index (κ3) is 8.83. The van der Waals surface area contributed by atoms with Crippen molar-refractivity contribution < 1.29 is 30.8 Å². The fraction of sp³-hybridized carbons (Fsp3) is 0. The van der Waals surface area contributed by atoms with Gasteiger partial charge in [-0.05, 0) is 0 Å². The predicted octanol–water partition coefficient (Wildman–Crippen LogP) is 1.77. The minimum absolute atomic E-state index is 0. The number of hydrogen-bond acceptors (Lipinski definition) is 0. The van der Waals surface area contributed by atoms with Crippen LogP contribution in [0.25, 0.3) is 0 Å². The van der Waals surface area contributed by atoms with Crippen LogP contribution in [0.15, 0.2) is 0 Å². The minimum atomic E-state index is 0. The van der Waals surface area contributed by atoms with E-state index in [2.05, 4.69) is 40.7 Å². The Balaban J connectivity index is 0. The fourth-order valence-corrected chi connectivity index (χ4v) is 0. The SMILES string of the molecule is [Au].[I][Cu][I]. The molecule has 0 aromatic carbocycles. The van der Waals surface area contributed by atoms with Crippen LogP contribution in [-0.2, 0) is 30.8 Å². The van der Waals surface area contributed by atoms with E-state index in [-0.39, 0.29) is 22.4 Å². The first-order valence-corrected chi connectivity index (χ1v) is 6.30. The van der Waals surface area contributed by atoms with Crippen molar-refractivity contribution in [2.24, 2.45) is 0 Å². The molecule has 0 fully saturated rings. The van der Waals surface area contributed by atoms with E-state index >= 15 is 0 Å². The second-order valence-electron chi connectivity index (χ2n) is 0.0431. The normalized spacial score (nSPS) is 5.50. The van der Waals surface area contributed by atoms with E-state index in [4.69, 9.17) is 0 Å². The molecule has 0 aliphatic heterocycles. The van der Waals surface area contributed by atoms with Crippen molar-refractivity contribution in [1.29, 1.82) is 0 Å². The molecule has 0 bridgehead atoms. The Morgan fingerprint density at radius 2 is 1.25 bits per heavy atom. The molecule has 0 unspecified atom stereocenters. The molecule has 0 atom stereocenters. The summed E-state index contributed by atoms with van der Waals surface area (Å²) < 4.78 is 0. The third-order valence-corrected chi connectivity index (χ3v) is 0. The van der Waals surface area contributed by atoms with Crippen LogP contribution in [0.5, 0.6) is 0 Å². The van der Waals surface area contributed by atoms with Crippen LogP contribution in [-0.4, -0.2) is 0 Å². The van der Waals surface area contributed by atoms with Crippen LogP contribution in [0.3, 0.4) is 0 Å². The van der Waals surface area contributed by atoms with Gasteiger partial charge in [-0.1, -0.05) is 0 Å². The summed E-state index contributed by atoms with van der Waals surface area (Å²) in [4.78, 5) is 0. The molecule has 0 aliphatic rings. The zero-order valence-corrected chi connectivity index (χ0v) is 8.78. The van der Waals surface area contributed by atoms with E-state index in [1.54, 1.807) is 8.46 Å². The average Bonchev–Trinajstić information content (AvgIpc) is 0.918. The maximum atomic E-state index is 2.18. The van der Waals surface area contributed by atoms with Gasteiger partial charge in [-0.15, -0.1) is 0 Å². The number of rotatable bonds is 0. The van der Waals surface area contributed by atoms with Gasteiger partial charge in [0.1, 0.15) is 0 Å². The molecule has 0 aliphatic carbocycles. The molecule has 0 rings (SSSR count). The van der Waals surface area contributed by atoms with Gasteiger partial charge in [0.15, 0.2) is 0 Å². The molecule has 4 heteroatoms. The molecule has 0 saturated carbocycles. The molecule has 0 N–H and O–H groups in total. The Labute approximate surface area is 70.0 Å². The van der Waals surface area contributed by atoms with Crippen molar-refractivity contribution in [3.05, 3.63) is 0 Å². The molecule has 0 aromatic heterocycles.